The number of rotatable bonds is 8. The van der Waals surface area contributed by atoms with Gasteiger partial charge in [-0.15, -0.1) is 0 Å². The van der Waals surface area contributed by atoms with Gasteiger partial charge in [0.25, 0.3) is 0 Å². The fourth-order valence-electron chi connectivity index (χ4n) is 5.13. The molecule has 0 bridgehead atoms. The molecule has 1 fully saturated rings. The molecule has 0 saturated heterocycles. The summed E-state index contributed by atoms with van der Waals surface area (Å²) >= 11 is 6.16. The summed E-state index contributed by atoms with van der Waals surface area (Å²) in [6.07, 6.45) is 7.34. The Morgan fingerprint density at radius 1 is 1.00 bits per heavy atom. The number of benzene rings is 2. The molecule has 10 heteroatoms. The van der Waals surface area contributed by atoms with Gasteiger partial charge in [-0.1, -0.05) is 37.6 Å². The first-order chi connectivity index (χ1) is 18.8. The van der Waals surface area contributed by atoms with Gasteiger partial charge in [-0.3, -0.25) is 0 Å². The molecular weight excluding hydrogens is 532 g/mol. The largest absolute Gasteiger partial charge is 0.351 e. The third kappa shape index (κ3) is 6.05. The molecule has 8 nitrogen and oxygen atoms in total. The quantitative estimate of drug-likeness (QED) is 0.286. The molecule has 0 spiro atoms. The van der Waals surface area contributed by atoms with E-state index < -0.39 is 9.84 Å². The average molecular weight is 565 g/mol. The standard InChI is InChI=1S/C29H33ClN6O2S/c1-3-18-15-25(35-36-26(18)17-39(37,38)27-8-6-5-7-24(27)30)20-13-19(4-2)28-21(14-20)16-32-29(34-28)33-23-11-9-22(31)10-12-23/h5-8,13-16,22-23H,3-4,9-12,17,31H2,1-2H3,(H,32,33,34). The van der Waals surface area contributed by atoms with Gasteiger partial charge in [0, 0.05) is 29.2 Å². The molecule has 1 aliphatic carbocycles. The Kier molecular flexibility index (Phi) is 8.11. The molecule has 4 aromatic rings. The van der Waals surface area contributed by atoms with E-state index in [0.717, 1.165) is 59.7 Å². The van der Waals surface area contributed by atoms with E-state index in [1.165, 1.54) is 6.07 Å². The molecular formula is C29H33ClN6O2S. The molecule has 1 saturated carbocycles. The molecule has 0 amide bonds. The van der Waals surface area contributed by atoms with Crippen LogP contribution in [0.25, 0.3) is 22.2 Å². The van der Waals surface area contributed by atoms with Gasteiger partial charge in [-0.05, 0) is 80.0 Å². The first-order valence-corrected chi connectivity index (χ1v) is 15.4. The Balaban J connectivity index is 1.43. The normalized spacial score (nSPS) is 17.8. The number of anilines is 1. The summed E-state index contributed by atoms with van der Waals surface area (Å²) in [5.41, 5.74) is 10.9. The van der Waals surface area contributed by atoms with Crippen molar-refractivity contribution in [1.29, 1.82) is 0 Å². The lowest BCUT2D eigenvalue weighted by molar-refractivity contribution is 0.410. The van der Waals surface area contributed by atoms with Crippen LogP contribution in [0.5, 0.6) is 0 Å². The van der Waals surface area contributed by atoms with Crippen molar-refractivity contribution in [1.82, 2.24) is 20.2 Å². The van der Waals surface area contributed by atoms with Crippen LogP contribution >= 0.6 is 11.6 Å². The third-order valence-electron chi connectivity index (χ3n) is 7.38. The van der Waals surface area contributed by atoms with Gasteiger partial charge in [0.1, 0.15) is 0 Å². The summed E-state index contributed by atoms with van der Waals surface area (Å²) in [5, 5.41) is 13.4. The number of nitrogens with one attached hydrogen (secondary N) is 1. The molecule has 3 N–H and O–H groups in total. The Morgan fingerprint density at radius 2 is 1.74 bits per heavy atom. The molecule has 0 aliphatic heterocycles. The zero-order valence-corrected chi connectivity index (χ0v) is 23.8. The van der Waals surface area contributed by atoms with Crippen molar-refractivity contribution < 1.29 is 8.42 Å². The molecule has 2 heterocycles. The van der Waals surface area contributed by atoms with Crippen molar-refractivity contribution in [2.75, 3.05) is 5.32 Å². The van der Waals surface area contributed by atoms with Crippen molar-refractivity contribution >= 4 is 38.3 Å². The molecule has 0 atom stereocenters. The molecule has 1 aliphatic rings. The Morgan fingerprint density at radius 3 is 2.46 bits per heavy atom. The van der Waals surface area contributed by atoms with E-state index in [-0.39, 0.29) is 15.7 Å². The fraction of sp³-hybridized carbons (Fsp3) is 0.379. The number of hydrogen-bond donors (Lipinski definition) is 2. The number of nitrogens with two attached hydrogens (primary N) is 1. The number of aromatic nitrogens is 4. The number of nitrogens with zero attached hydrogens (tertiary/aromatic N) is 4. The van der Waals surface area contributed by atoms with Crippen LogP contribution in [0.1, 0.15) is 56.4 Å². The fourth-order valence-corrected chi connectivity index (χ4v) is 7.03. The zero-order valence-electron chi connectivity index (χ0n) is 22.2. The molecule has 5 rings (SSSR count). The van der Waals surface area contributed by atoms with Crippen molar-refractivity contribution in [3.63, 3.8) is 0 Å². The van der Waals surface area contributed by atoms with E-state index in [1.54, 1.807) is 18.2 Å². The molecule has 0 radical (unpaired) electrons. The molecule has 2 aromatic heterocycles. The maximum Gasteiger partial charge on any atom is 0.223 e. The van der Waals surface area contributed by atoms with E-state index >= 15 is 0 Å². The minimum atomic E-state index is -3.67. The summed E-state index contributed by atoms with van der Waals surface area (Å²) in [7, 11) is -3.67. The van der Waals surface area contributed by atoms with Gasteiger partial charge in [0.15, 0.2) is 9.84 Å². The summed E-state index contributed by atoms with van der Waals surface area (Å²) in [4.78, 5) is 9.54. The van der Waals surface area contributed by atoms with Gasteiger partial charge in [-0.2, -0.15) is 10.2 Å². The SMILES string of the molecule is CCc1cc(-c2cc(CC)c3nc(NC4CCC(N)CC4)ncc3c2)nnc1CS(=O)(=O)c1ccccc1Cl. The maximum absolute atomic E-state index is 13.1. The van der Waals surface area contributed by atoms with Crippen molar-refractivity contribution in [3.8, 4) is 11.3 Å². The maximum atomic E-state index is 13.1. The second-order valence-corrected chi connectivity index (χ2v) is 12.5. The van der Waals surface area contributed by atoms with Crippen molar-refractivity contribution in [3.05, 3.63) is 70.5 Å². The lowest BCUT2D eigenvalue weighted by Gasteiger charge is -2.26. The number of halogens is 1. The van der Waals surface area contributed by atoms with E-state index in [9.17, 15) is 8.42 Å². The zero-order chi connectivity index (χ0) is 27.6. The van der Waals surface area contributed by atoms with Crippen molar-refractivity contribution in [2.24, 2.45) is 5.73 Å². The van der Waals surface area contributed by atoms with Crippen LogP contribution in [0.2, 0.25) is 5.02 Å². The Hall–Kier alpha value is -3.14. The summed E-state index contributed by atoms with van der Waals surface area (Å²) in [6, 6.07) is 13.1. The van der Waals surface area contributed by atoms with Crippen molar-refractivity contribution in [2.45, 2.75) is 75.1 Å². The average Bonchev–Trinajstić information content (AvgIpc) is 2.94. The minimum Gasteiger partial charge on any atom is -0.351 e. The third-order valence-corrected chi connectivity index (χ3v) is 9.50. The molecule has 2 aromatic carbocycles. The second-order valence-electron chi connectivity index (χ2n) is 10.1. The highest BCUT2D eigenvalue weighted by molar-refractivity contribution is 7.90. The Labute approximate surface area is 234 Å². The predicted octanol–water partition coefficient (Wildman–Crippen LogP) is 5.52. The Bertz CT molecular complexity index is 1600. The van der Waals surface area contributed by atoms with Gasteiger partial charge in [0.2, 0.25) is 5.95 Å². The first kappa shape index (κ1) is 27.4. The number of sulfone groups is 1. The second kappa shape index (κ2) is 11.5. The molecule has 39 heavy (non-hydrogen) atoms. The predicted molar refractivity (Wildman–Crippen MR) is 156 cm³/mol. The monoisotopic (exact) mass is 564 g/mol. The van der Waals surface area contributed by atoms with E-state index in [1.807, 2.05) is 25.3 Å². The van der Waals surface area contributed by atoms with Gasteiger partial charge >= 0.3 is 0 Å². The van der Waals surface area contributed by atoms with E-state index in [2.05, 4.69) is 33.5 Å². The topological polar surface area (TPSA) is 124 Å². The highest BCUT2D eigenvalue weighted by Crippen LogP contribution is 2.30. The summed E-state index contributed by atoms with van der Waals surface area (Å²) in [5.74, 6) is 0.379. The van der Waals surface area contributed by atoms with Gasteiger partial charge < -0.3 is 11.1 Å². The van der Waals surface area contributed by atoms with Crippen LogP contribution in [-0.2, 0) is 28.4 Å². The lowest BCUT2D eigenvalue weighted by Crippen LogP contribution is -2.33. The van der Waals surface area contributed by atoms with Crippen LogP contribution in [0.4, 0.5) is 5.95 Å². The van der Waals surface area contributed by atoms with E-state index in [4.69, 9.17) is 22.3 Å². The highest BCUT2D eigenvalue weighted by Gasteiger charge is 2.22. The van der Waals surface area contributed by atoms with Gasteiger partial charge in [0.05, 0.1) is 32.6 Å². The van der Waals surface area contributed by atoms with Crippen LogP contribution < -0.4 is 11.1 Å². The number of hydrogen-bond acceptors (Lipinski definition) is 8. The van der Waals surface area contributed by atoms with Crippen LogP contribution in [0.15, 0.2) is 53.6 Å². The first-order valence-electron chi connectivity index (χ1n) is 13.4. The van der Waals surface area contributed by atoms with Crippen LogP contribution in [0, 0.1) is 0 Å². The minimum absolute atomic E-state index is 0.0997. The highest BCUT2D eigenvalue weighted by atomic mass is 35.5. The van der Waals surface area contributed by atoms with Crippen LogP contribution in [0.3, 0.4) is 0 Å². The van der Waals surface area contributed by atoms with Gasteiger partial charge in [-0.25, -0.2) is 18.4 Å². The summed E-state index contributed by atoms with van der Waals surface area (Å²) in [6.45, 7) is 4.08. The molecule has 204 valence electrons. The smallest absolute Gasteiger partial charge is 0.223 e. The van der Waals surface area contributed by atoms with Crippen LogP contribution in [-0.4, -0.2) is 40.7 Å². The number of fused-ring (bicyclic) bond motifs is 1. The molecule has 0 unspecified atom stereocenters. The summed E-state index contributed by atoms with van der Waals surface area (Å²) < 4.78 is 26.1. The number of aryl methyl sites for hydroxylation is 2. The lowest BCUT2D eigenvalue weighted by atomic mass is 9.92. The van der Waals surface area contributed by atoms with E-state index in [0.29, 0.717) is 35.8 Å².